The molecule has 2 aromatic carbocycles. The normalized spacial score (nSPS) is 13.7. The number of anilines is 1. The molecule has 0 spiro atoms. The van der Waals surface area contributed by atoms with Gasteiger partial charge in [-0.25, -0.2) is 13.2 Å². The Morgan fingerprint density at radius 3 is 2.38 bits per heavy atom. The van der Waals surface area contributed by atoms with Crippen molar-refractivity contribution in [1.29, 1.82) is 0 Å². The number of ether oxygens (including phenoxy) is 4. The standard InChI is InChI=1S/C33H33Cl2F2N3O11S/c1-33(2,3)51-30(42)16-40(52(45)46)20-7-8-24-27(11-20)50-32(43)39(24)15-29(41)48-26(12-21-22(34)13-38(44)14-23(21)35)19-6-9-25(49-31(36)37)28(10-19)47-17-18-4-5-18/h6-11,13-14,18,26,31,52H,4-5,12,15-17H2,1-3H3/t26-/m0/s1. The van der Waals surface area contributed by atoms with Crippen molar-refractivity contribution >= 4 is 62.8 Å². The first-order valence-corrected chi connectivity index (χ1v) is 17.6. The fraction of sp³-hybridized carbons (Fsp3) is 0.394. The van der Waals surface area contributed by atoms with Gasteiger partial charge in [0.25, 0.3) is 0 Å². The van der Waals surface area contributed by atoms with Gasteiger partial charge in [0, 0.05) is 18.1 Å². The summed E-state index contributed by atoms with van der Waals surface area (Å²) in [6.07, 6.45) is 2.55. The number of halogens is 4. The molecule has 1 fully saturated rings. The number of oxazole rings is 1. The number of thiol groups is 1. The summed E-state index contributed by atoms with van der Waals surface area (Å²) in [5.74, 6) is -2.76. The number of carbonyl (C=O) groups excluding carboxylic acids is 2. The van der Waals surface area contributed by atoms with Crippen LogP contribution >= 0.6 is 23.2 Å². The highest BCUT2D eigenvalue weighted by Crippen LogP contribution is 2.38. The maximum Gasteiger partial charge on any atom is 0.420 e. The summed E-state index contributed by atoms with van der Waals surface area (Å²) in [4.78, 5) is 38.8. The van der Waals surface area contributed by atoms with Crippen LogP contribution in [0.5, 0.6) is 11.5 Å². The van der Waals surface area contributed by atoms with E-state index in [2.05, 4.69) is 4.74 Å². The molecule has 1 aliphatic rings. The van der Waals surface area contributed by atoms with Crippen LogP contribution < -0.4 is 24.3 Å². The van der Waals surface area contributed by atoms with E-state index >= 15 is 0 Å². The SMILES string of the molecule is CC(C)(C)OC(=O)CN(c1ccc2c(c1)oc(=O)n2CC(=O)O[C@@H](Cc1c(Cl)c[n+]([O-])cc1Cl)c1ccc(OC(F)F)c(OCC2CC2)c1)[SH](=O)=O. The second-order valence-electron chi connectivity index (χ2n) is 12.8. The molecule has 1 aliphatic carbocycles. The summed E-state index contributed by atoms with van der Waals surface area (Å²) in [6.45, 7) is 0.650. The lowest BCUT2D eigenvalue weighted by molar-refractivity contribution is -0.605. The van der Waals surface area contributed by atoms with E-state index in [-0.39, 0.29) is 68.4 Å². The van der Waals surface area contributed by atoms with E-state index in [1.165, 1.54) is 36.4 Å². The topological polar surface area (TPSA) is 171 Å². The number of nitrogens with zero attached hydrogens (tertiary/aromatic N) is 3. The van der Waals surface area contributed by atoms with Gasteiger partial charge in [-0.1, -0.05) is 29.3 Å². The molecule has 2 heterocycles. The quantitative estimate of drug-likeness (QED) is 0.0734. The van der Waals surface area contributed by atoms with Gasteiger partial charge in [-0.2, -0.15) is 13.5 Å². The van der Waals surface area contributed by atoms with Crippen molar-refractivity contribution < 1.29 is 54.9 Å². The van der Waals surface area contributed by atoms with Gasteiger partial charge in [-0.15, -0.1) is 0 Å². The third kappa shape index (κ3) is 10.0. The molecular formula is C33H33Cl2F2N3O11S. The zero-order chi connectivity index (χ0) is 37.9. The summed E-state index contributed by atoms with van der Waals surface area (Å²) in [6, 6.07) is 7.84. The Morgan fingerprint density at radius 2 is 1.77 bits per heavy atom. The van der Waals surface area contributed by atoms with Crippen LogP contribution in [-0.2, 0) is 42.9 Å². The molecule has 280 valence electrons. The highest BCUT2D eigenvalue weighted by molar-refractivity contribution is 7.74. The highest BCUT2D eigenvalue weighted by atomic mass is 35.5. The number of carbonyl (C=O) groups is 2. The van der Waals surface area contributed by atoms with Gasteiger partial charge in [-0.05, 0) is 69.4 Å². The van der Waals surface area contributed by atoms with Crippen molar-refractivity contribution in [3.8, 4) is 11.5 Å². The van der Waals surface area contributed by atoms with Crippen LogP contribution in [0.2, 0.25) is 10.0 Å². The first-order valence-electron chi connectivity index (χ1n) is 15.7. The number of esters is 2. The van der Waals surface area contributed by atoms with Crippen molar-refractivity contribution in [2.24, 2.45) is 5.92 Å². The van der Waals surface area contributed by atoms with E-state index in [0.717, 1.165) is 34.1 Å². The molecule has 19 heteroatoms. The first-order chi connectivity index (χ1) is 24.5. The number of alkyl halides is 2. The van der Waals surface area contributed by atoms with Crippen molar-refractivity contribution in [2.45, 2.75) is 64.9 Å². The Bertz CT molecular complexity index is 2080. The zero-order valence-corrected chi connectivity index (χ0v) is 30.3. The molecule has 0 amide bonds. The maximum atomic E-state index is 13.5. The van der Waals surface area contributed by atoms with Crippen molar-refractivity contribution in [2.75, 3.05) is 17.5 Å². The number of fused-ring (bicyclic) bond motifs is 1. The number of rotatable bonds is 15. The van der Waals surface area contributed by atoms with Gasteiger partial charge in [-0.3, -0.25) is 18.5 Å². The molecule has 4 aromatic rings. The summed E-state index contributed by atoms with van der Waals surface area (Å²) in [5, 5.41) is 11.8. The van der Waals surface area contributed by atoms with Crippen molar-refractivity contribution in [1.82, 2.24) is 4.57 Å². The number of hydrogen-bond donors (Lipinski definition) is 1. The minimum Gasteiger partial charge on any atom is -0.619 e. The number of benzene rings is 2. The van der Waals surface area contributed by atoms with Crippen LogP contribution in [0.4, 0.5) is 14.5 Å². The fourth-order valence-corrected chi connectivity index (χ4v) is 6.23. The van der Waals surface area contributed by atoms with E-state index in [9.17, 15) is 36.8 Å². The average molecular weight is 789 g/mol. The lowest BCUT2D eigenvalue weighted by atomic mass is 10.0. The van der Waals surface area contributed by atoms with Gasteiger partial charge in [0.05, 0.1) is 17.8 Å². The van der Waals surface area contributed by atoms with E-state index in [0.29, 0.717) is 4.73 Å². The summed E-state index contributed by atoms with van der Waals surface area (Å²) in [5.41, 5.74) is -0.382. The minimum atomic E-state index is -3.32. The summed E-state index contributed by atoms with van der Waals surface area (Å²) >= 11 is 12.6. The molecule has 0 aliphatic heterocycles. The van der Waals surface area contributed by atoms with Crippen LogP contribution in [-0.4, -0.2) is 50.3 Å². The molecule has 0 bridgehead atoms. The van der Waals surface area contributed by atoms with Crippen LogP contribution in [0.15, 0.2) is 58.0 Å². The second-order valence-corrected chi connectivity index (χ2v) is 14.6. The lowest BCUT2D eigenvalue weighted by Gasteiger charge is -2.22. The molecular weight excluding hydrogens is 755 g/mol. The Labute approximate surface area is 307 Å². The monoisotopic (exact) mass is 787 g/mol. The van der Waals surface area contributed by atoms with E-state index in [1.807, 2.05) is 0 Å². The van der Waals surface area contributed by atoms with E-state index < -0.39 is 60.0 Å². The predicted molar refractivity (Wildman–Crippen MR) is 183 cm³/mol. The van der Waals surface area contributed by atoms with Crippen LogP contribution in [0.1, 0.15) is 50.8 Å². The first kappa shape index (κ1) is 38.6. The number of pyridine rings is 1. The lowest BCUT2D eigenvalue weighted by Crippen LogP contribution is -2.34. The van der Waals surface area contributed by atoms with Gasteiger partial charge in [0.15, 0.2) is 29.5 Å². The second kappa shape index (κ2) is 16.0. The molecule has 2 aromatic heterocycles. The Kier molecular flexibility index (Phi) is 11.9. The number of hydrogen-bond acceptors (Lipinski definition) is 11. The molecule has 1 atom stereocenters. The molecule has 0 N–H and O–H groups in total. The fourth-order valence-electron chi connectivity index (χ4n) is 5.09. The van der Waals surface area contributed by atoms with Crippen molar-refractivity contribution in [3.63, 3.8) is 0 Å². The van der Waals surface area contributed by atoms with Crippen LogP contribution in [0, 0.1) is 11.1 Å². The van der Waals surface area contributed by atoms with Gasteiger partial charge in [0.2, 0.25) is 10.9 Å². The molecule has 0 radical (unpaired) electrons. The highest BCUT2D eigenvalue weighted by Gasteiger charge is 2.28. The smallest absolute Gasteiger partial charge is 0.420 e. The van der Waals surface area contributed by atoms with Gasteiger partial charge in [0.1, 0.15) is 34.8 Å². The molecule has 52 heavy (non-hydrogen) atoms. The maximum absolute atomic E-state index is 13.5. The third-order valence-electron chi connectivity index (χ3n) is 7.58. The van der Waals surface area contributed by atoms with Gasteiger partial charge >= 0.3 is 24.3 Å². The minimum absolute atomic E-state index is 0.00648. The Balaban J connectivity index is 1.43. The summed E-state index contributed by atoms with van der Waals surface area (Å²) in [7, 11) is -3.32. The van der Waals surface area contributed by atoms with Crippen LogP contribution in [0.3, 0.4) is 0 Å². The van der Waals surface area contributed by atoms with Crippen molar-refractivity contribution in [3.05, 3.63) is 85.7 Å². The summed E-state index contributed by atoms with van der Waals surface area (Å²) < 4.78 is 79.3. The zero-order valence-electron chi connectivity index (χ0n) is 27.9. The third-order valence-corrected chi connectivity index (χ3v) is 9.00. The molecule has 0 unspecified atom stereocenters. The predicted octanol–water partition coefficient (Wildman–Crippen LogP) is 5.13. The van der Waals surface area contributed by atoms with Gasteiger partial charge < -0.3 is 28.6 Å². The van der Waals surface area contributed by atoms with E-state index in [4.69, 9.17) is 41.8 Å². The average Bonchev–Trinajstić information content (AvgIpc) is 3.81. The van der Waals surface area contributed by atoms with Crippen LogP contribution in [0.25, 0.3) is 11.1 Å². The van der Waals surface area contributed by atoms with E-state index in [1.54, 1.807) is 20.8 Å². The Hall–Kier alpha value is -4.61. The largest absolute Gasteiger partial charge is 0.619 e. The molecule has 0 saturated heterocycles. The molecule has 14 nitrogen and oxygen atoms in total. The Morgan fingerprint density at radius 1 is 1.08 bits per heavy atom. The molecule has 1 saturated carbocycles. The number of aromatic nitrogens is 2. The molecule has 5 rings (SSSR count).